The number of amides is 1. The Balaban J connectivity index is 2.12. The van der Waals surface area contributed by atoms with Crippen molar-refractivity contribution in [3.8, 4) is 6.07 Å². The minimum Gasteiger partial charge on any atom is -0.397 e. The first-order valence-electron chi connectivity index (χ1n) is 7.38. The fraction of sp³-hybridized carbons (Fsp3) is 0.0588. The second kappa shape index (κ2) is 7.69. The van der Waals surface area contributed by atoms with Gasteiger partial charge in [0, 0.05) is 11.9 Å². The Hall–Kier alpha value is -3.35. The molecule has 134 valence electrons. The van der Waals surface area contributed by atoms with E-state index in [1.807, 2.05) is 13.0 Å². The Morgan fingerprint density at radius 2 is 1.85 bits per heavy atom. The number of hydrogen-bond acceptors (Lipinski definition) is 6. The summed E-state index contributed by atoms with van der Waals surface area (Å²) < 4.78 is 22.4. The van der Waals surface area contributed by atoms with Crippen molar-refractivity contribution in [1.82, 2.24) is 0 Å². The zero-order chi connectivity index (χ0) is 19.3. The fourth-order valence-corrected chi connectivity index (χ4v) is 2.55. The molecular formula is C17H17N5O3S. The van der Waals surface area contributed by atoms with Crippen LogP contribution in [0.15, 0.2) is 59.1 Å². The number of primary sulfonamides is 1. The maximum absolute atomic E-state index is 12.2. The minimum absolute atomic E-state index is 0.0805. The molecule has 0 unspecified atom stereocenters. The van der Waals surface area contributed by atoms with Crippen LogP contribution < -0.4 is 21.5 Å². The van der Waals surface area contributed by atoms with Gasteiger partial charge in [0.05, 0.1) is 16.3 Å². The summed E-state index contributed by atoms with van der Waals surface area (Å²) in [7, 11) is -3.81. The number of benzene rings is 2. The van der Waals surface area contributed by atoms with Crippen LogP contribution in [-0.2, 0) is 14.8 Å². The lowest BCUT2D eigenvalue weighted by atomic mass is 10.2. The van der Waals surface area contributed by atoms with Crippen molar-refractivity contribution in [2.24, 2.45) is 5.14 Å². The van der Waals surface area contributed by atoms with E-state index in [1.165, 1.54) is 30.5 Å². The number of anilines is 3. The monoisotopic (exact) mass is 371 g/mol. The van der Waals surface area contributed by atoms with Crippen molar-refractivity contribution in [1.29, 1.82) is 5.26 Å². The van der Waals surface area contributed by atoms with Crippen LogP contribution >= 0.6 is 0 Å². The van der Waals surface area contributed by atoms with Gasteiger partial charge in [0.1, 0.15) is 11.6 Å². The zero-order valence-electron chi connectivity index (χ0n) is 13.9. The standard InChI is InChI=1S/C17H17N5O3S/c1-11-2-7-16(15(19)8-11)21-10-12(9-18)17(23)22-13-3-5-14(6-4-13)26(20,24)25/h2-8,10,21H,19H2,1H3,(H,22,23)(H2,20,24,25)/b12-10-. The molecule has 0 aliphatic heterocycles. The van der Waals surface area contributed by atoms with E-state index in [-0.39, 0.29) is 10.5 Å². The molecular weight excluding hydrogens is 354 g/mol. The largest absolute Gasteiger partial charge is 0.397 e. The van der Waals surface area contributed by atoms with Gasteiger partial charge in [0.2, 0.25) is 10.0 Å². The number of carbonyl (C=O) groups is 1. The minimum atomic E-state index is -3.81. The Morgan fingerprint density at radius 3 is 2.38 bits per heavy atom. The van der Waals surface area contributed by atoms with Crippen molar-refractivity contribution in [2.75, 3.05) is 16.4 Å². The van der Waals surface area contributed by atoms with E-state index in [4.69, 9.17) is 10.9 Å². The number of aryl methyl sites for hydroxylation is 1. The molecule has 0 radical (unpaired) electrons. The molecule has 0 bridgehead atoms. The molecule has 0 fully saturated rings. The predicted molar refractivity (Wildman–Crippen MR) is 99.4 cm³/mol. The highest BCUT2D eigenvalue weighted by Gasteiger charge is 2.11. The van der Waals surface area contributed by atoms with E-state index in [9.17, 15) is 18.5 Å². The number of nitrogens with two attached hydrogens (primary N) is 2. The summed E-state index contributed by atoms with van der Waals surface area (Å²) in [5.41, 5.74) is 8.03. The molecule has 2 aromatic rings. The van der Waals surface area contributed by atoms with Gasteiger partial charge in [-0.3, -0.25) is 4.79 Å². The van der Waals surface area contributed by atoms with Crippen LogP contribution in [0.25, 0.3) is 0 Å². The number of hydrogen-bond donors (Lipinski definition) is 4. The number of sulfonamides is 1. The average Bonchev–Trinajstić information content (AvgIpc) is 2.56. The number of nitrogens with zero attached hydrogens (tertiary/aromatic N) is 1. The second-order valence-corrected chi connectivity index (χ2v) is 6.99. The van der Waals surface area contributed by atoms with Crippen molar-refractivity contribution >= 4 is 33.0 Å². The number of nitrogen functional groups attached to an aromatic ring is 1. The number of nitrogens with one attached hydrogen (secondary N) is 2. The Labute approximate surface area is 151 Å². The molecule has 2 rings (SSSR count). The van der Waals surface area contributed by atoms with Crippen LogP contribution in [0.5, 0.6) is 0 Å². The number of nitriles is 1. The molecule has 0 heterocycles. The summed E-state index contributed by atoms with van der Waals surface area (Å²) in [6.45, 7) is 1.89. The van der Waals surface area contributed by atoms with Gasteiger partial charge in [0.25, 0.3) is 5.91 Å². The molecule has 26 heavy (non-hydrogen) atoms. The van der Waals surface area contributed by atoms with E-state index in [2.05, 4.69) is 10.6 Å². The van der Waals surface area contributed by atoms with Crippen LogP contribution in [0, 0.1) is 18.3 Å². The first-order chi connectivity index (χ1) is 12.2. The van der Waals surface area contributed by atoms with Crippen LogP contribution in [0.4, 0.5) is 17.1 Å². The Bertz CT molecular complexity index is 1010. The summed E-state index contributed by atoms with van der Waals surface area (Å²) >= 11 is 0. The zero-order valence-corrected chi connectivity index (χ0v) is 14.7. The lowest BCUT2D eigenvalue weighted by Gasteiger charge is -2.08. The summed E-state index contributed by atoms with van der Waals surface area (Å²) in [6.07, 6.45) is 1.25. The molecule has 0 atom stereocenters. The van der Waals surface area contributed by atoms with Gasteiger partial charge >= 0.3 is 0 Å². The normalized spacial score (nSPS) is 11.5. The summed E-state index contributed by atoms with van der Waals surface area (Å²) in [5, 5.41) is 19.5. The highest BCUT2D eigenvalue weighted by Crippen LogP contribution is 2.20. The van der Waals surface area contributed by atoms with Crippen LogP contribution in [0.3, 0.4) is 0 Å². The Kier molecular flexibility index (Phi) is 5.61. The highest BCUT2D eigenvalue weighted by molar-refractivity contribution is 7.89. The molecule has 0 aliphatic rings. The SMILES string of the molecule is Cc1ccc(N/C=C(/C#N)C(=O)Nc2ccc(S(N)(=O)=O)cc2)c(N)c1. The topological polar surface area (TPSA) is 151 Å². The Morgan fingerprint density at radius 1 is 1.19 bits per heavy atom. The maximum atomic E-state index is 12.2. The molecule has 0 saturated heterocycles. The van der Waals surface area contributed by atoms with Crippen LogP contribution in [0.2, 0.25) is 0 Å². The quantitative estimate of drug-likeness (QED) is 0.356. The van der Waals surface area contributed by atoms with E-state index < -0.39 is 15.9 Å². The number of carbonyl (C=O) groups excluding carboxylic acids is 1. The third kappa shape index (κ3) is 4.83. The molecule has 8 nitrogen and oxygen atoms in total. The van der Waals surface area contributed by atoms with Gasteiger partial charge < -0.3 is 16.4 Å². The van der Waals surface area contributed by atoms with E-state index in [1.54, 1.807) is 18.2 Å². The first-order valence-corrected chi connectivity index (χ1v) is 8.92. The molecule has 0 aliphatic carbocycles. The molecule has 0 spiro atoms. The van der Waals surface area contributed by atoms with Crippen molar-refractivity contribution in [3.63, 3.8) is 0 Å². The number of rotatable bonds is 5. The second-order valence-electron chi connectivity index (χ2n) is 5.43. The molecule has 2 aromatic carbocycles. The van der Waals surface area contributed by atoms with Crippen LogP contribution in [-0.4, -0.2) is 14.3 Å². The molecule has 0 aromatic heterocycles. The van der Waals surface area contributed by atoms with Gasteiger partial charge in [0.15, 0.2) is 0 Å². The lowest BCUT2D eigenvalue weighted by Crippen LogP contribution is -2.15. The van der Waals surface area contributed by atoms with E-state index in [0.717, 1.165) is 5.56 Å². The van der Waals surface area contributed by atoms with Crippen LogP contribution in [0.1, 0.15) is 5.56 Å². The summed E-state index contributed by atoms with van der Waals surface area (Å²) in [5.74, 6) is -0.658. The molecule has 0 saturated carbocycles. The predicted octanol–water partition coefficient (Wildman–Crippen LogP) is 1.68. The maximum Gasteiger partial charge on any atom is 0.267 e. The molecule has 1 amide bonds. The van der Waals surface area contributed by atoms with Gasteiger partial charge in [-0.25, -0.2) is 13.6 Å². The van der Waals surface area contributed by atoms with Gasteiger partial charge in [-0.15, -0.1) is 0 Å². The van der Waals surface area contributed by atoms with Gasteiger partial charge in [-0.1, -0.05) is 6.07 Å². The average molecular weight is 371 g/mol. The van der Waals surface area contributed by atoms with Crippen molar-refractivity contribution < 1.29 is 13.2 Å². The summed E-state index contributed by atoms with van der Waals surface area (Å²) in [6, 6.07) is 12.4. The first kappa shape index (κ1) is 19.0. The molecule has 6 N–H and O–H groups in total. The van der Waals surface area contributed by atoms with Crippen molar-refractivity contribution in [3.05, 3.63) is 59.8 Å². The summed E-state index contributed by atoms with van der Waals surface area (Å²) in [4.78, 5) is 12.1. The third-order valence-corrected chi connectivity index (χ3v) is 4.31. The van der Waals surface area contributed by atoms with E-state index in [0.29, 0.717) is 17.1 Å². The third-order valence-electron chi connectivity index (χ3n) is 3.38. The van der Waals surface area contributed by atoms with Crippen molar-refractivity contribution in [2.45, 2.75) is 11.8 Å². The van der Waals surface area contributed by atoms with E-state index >= 15 is 0 Å². The fourth-order valence-electron chi connectivity index (χ4n) is 2.04. The molecule has 9 heteroatoms. The van der Waals surface area contributed by atoms with Gasteiger partial charge in [-0.2, -0.15) is 5.26 Å². The smallest absolute Gasteiger partial charge is 0.267 e. The lowest BCUT2D eigenvalue weighted by molar-refractivity contribution is -0.112. The van der Waals surface area contributed by atoms with Gasteiger partial charge in [-0.05, 0) is 48.9 Å². The highest BCUT2D eigenvalue weighted by atomic mass is 32.2.